The molecule has 1 heterocycles. The molecule has 1 aliphatic rings. The van der Waals surface area contributed by atoms with Crippen LogP contribution in [0.3, 0.4) is 0 Å². The summed E-state index contributed by atoms with van der Waals surface area (Å²) in [5, 5.41) is 3.64. The number of hydrogen-bond donors (Lipinski definition) is 1. The van der Waals surface area contributed by atoms with Crippen LogP contribution < -0.4 is 10.1 Å². The molecule has 1 aromatic rings. The third-order valence-electron chi connectivity index (χ3n) is 4.50. The first-order chi connectivity index (χ1) is 11.1. The van der Waals surface area contributed by atoms with Crippen LogP contribution in [0, 0.1) is 0 Å². The van der Waals surface area contributed by atoms with E-state index in [1.165, 1.54) is 6.42 Å². The summed E-state index contributed by atoms with van der Waals surface area (Å²) in [5.41, 5.74) is 1.52. The molecule has 0 radical (unpaired) electrons. The van der Waals surface area contributed by atoms with Gasteiger partial charge in [-0.15, -0.1) is 0 Å². The van der Waals surface area contributed by atoms with Crippen LogP contribution in [0.2, 0.25) is 5.02 Å². The molecule has 4 nitrogen and oxygen atoms in total. The summed E-state index contributed by atoms with van der Waals surface area (Å²) in [6.45, 7) is 7.09. The van der Waals surface area contributed by atoms with E-state index in [0.717, 1.165) is 37.9 Å². The molecule has 1 atom stereocenters. The molecule has 1 amide bonds. The molecular weight excluding hydrogens is 312 g/mol. The van der Waals surface area contributed by atoms with Crippen LogP contribution in [0.15, 0.2) is 12.1 Å². The molecule has 1 fully saturated rings. The Hall–Kier alpha value is -1.26. The fourth-order valence-electron chi connectivity index (χ4n) is 3.36. The number of likely N-dealkylation sites (tertiary alicyclic amines) is 1. The van der Waals surface area contributed by atoms with E-state index >= 15 is 0 Å². The summed E-state index contributed by atoms with van der Waals surface area (Å²) < 4.78 is 5.49. The van der Waals surface area contributed by atoms with Gasteiger partial charge in [-0.3, -0.25) is 9.69 Å². The van der Waals surface area contributed by atoms with Gasteiger partial charge in [-0.1, -0.05) is 31.9 Å². The van der Waals surface area contributed by atoms with Gasteiger partial charge in [-0.25, -0.2) is 0 Å². The summed E-state index contributed by atoms with van der Waals surface area (Å²) in [7, 11) is 1.61. The largest absolute Gasteiger partial charge is 0.496 e. The predicted octanol–water partition coefficient (Wildman–Crippen LogP) is 3.52. The third kappa shape index (κ3) is 4.39. The average Bonchev–Trinajstić information content (AvgIpc) is 3.00. The highest BCUT2D eigenvalue weighted by atomic mass is 35.5. The average molecular weight is 339 g/mol. The van der Waals surface area contributed by atoms with Crippen molar-refractivity contribution in [2.45, 2.75) is 45.6 Å². The molecule has 5 heteroatoms. The molecule has 0 bridgehead atoms. The van der Waals surface area contributed by atoms with Crippen LogP contribution in [0.1, 0.15) is 49.0 Å². The number of ether oxygens (including phenoxy) is 1. The molecular formula is C18H27ClN2O2. The number of nitrogens with one attached hydrogen (secondary N) is 1. The van der Waals surface area contributed by atoms with Crippen molar-refractivity contribution in [2.75, 3.05) is 26.7 Å². The number of benzene rings is 1. The van der Waals surface area contributed by atoms with Gasteiger partial charge in [-0.05, 0) is 50.0 Å². The summed E-state index contributed by atoms with van der Waals surface area (Å²) in [5.74, 6) is 0.539. The maximum Gasteiger partial charge on any atom is 0.255 e. The normalized spacial score (nSPS) is 18.2. The minimum absolute atomic E-state index is 0.107. The van der Waals surface area contributed by atoms with E-state index in [2.05, 4.69) is 24.1 Å². The first-order valence-electron chi connectivity index (χ1n) is 8.49. The number of rotatable bonds is 7. The van der Waals surface area contributed by atoms with E-state index in [9.17, 15) is 4.79 Å². The van der Waals surface area contributed by atoms with E-state index < -0.39 is 0 Å². The topological polar surface area (TPSA) is 41.6 Å². The van der Waals surface area contributed by atoms with Gasteiger partial charge in [0, 0.05) is 17.6 Å². The lowest BCUT2D eigenvalue weighted by molar-refractivity contribution is 0.0938. The first-order valence-corrected chi connectivity index (χ1v) is 8.87. The van der Waals surface area contributed by atoms with Crippen molar-refractivity contribution in [1.29, 1.82) is 0 Å². The van der Waals surface area contributed by atoms with Gasteiger partial charge >= 0.3 is 0 Å². The summed E-state index contributed by atoms with van der Waals surface area (Å²) >= 11 is 6.19. The molecule has 0 spiro atoms. The lowest BCUT2D eigenvalue weighted by Crippen LogP contribution is -2.40. The minimum Gasteiger partial charge on any atom is -0.496 e. The van der Waals surface area contributed by atoms with Crippen LogP contribution in [-0.4, -0.2) is 43.6 Å². The van der Waals surface area contributed by atoms with E-state index in [0.29, 0.717) is 28.9 Å². The zero-order valence-corrected chi connectivity index (χ0v) is 15.1. The van der Waals surface area contributed by atoms with E-state index in [4.69, 9.17) is 16.3 Å². The maximum atomic E-state index is 12.6. The Labute approximate surface area is 144 Å². The number of methoxy groups -OCH3 is 1. The number of likely N-dealkylation sites (N-methyl/N-ethyl adjacent to an activating group) is 1. The molecule has 1 unspecified atom stereocenters. The summed E-state index contributed by atoms with van der Waals surface area (Å²) in [6.07, 6.45) is 4.17. The second-order valence-electron chi connectivity index (χ2n) is 6.03. The Morgan fingerprint density at radius 3 is 2.87 bits per heavy atom. The Morgan fingerprint density at radius 2 is 2.22 bits per heavy atom. The highest BCUT2D eigenvalue weighted by molar-refractivity contribution is 6.31. The molecule has 1 N–H and O–H groups in total. The number of amides is 1. The predicted molar refractivity (Wildman–Crippen MR) is 94.6 cm³/mol. The quantitative estimate of drug-likeness (QED) is 0.827. The highest BCUT2D eigenvalue weighted by Gasteiger charge is 2.24. The maximum absolute atomic E-state index is 12.6. The zero-order valence-electron chi connectivity index (χ0n) is 14.3. The van der Waals surface area contributed by atoms with Gasteiger partial charge < -0.3 is 10.1 Å². The van der Waals surface area contributed by atoms with Gasteiger partial charge in [0.1, 0.15) is 5.75 Å². The minimum atomic E-state index is -0.107. The van der Waals surface area contributed by atoms with Crippen molar-refractivity contribution in [3.63, 3.8) is 0 Å². The van der Waals surface area contributed by atoms with Gasteiger partial charge in [-0.2, -0.15) is 0 Å². The van der Waals surface area contributed by atoms with Gasteiger partial charge in [0.05, 0.1) is 12.7 Å². The number of carbonyl (C=O) groups excluding carboxylic acids is 1. The Balaban J connectivity index is 2.12. The highest BCUT2D eigenvalue weighted by Crippen LogP contribution is 2.29. The molecule has 0 saturated carbocycles. The second-order valence-corrected chi connectivity index (χ2v) is 6.47. The molecule has 23 heavy (non-hydrogen) atoms. The third-order valence-corrected chi connectivity index (χ3v) is 4.72. The molecule has 128 valence electrons. The number of hydrogen-bond acceptors (Lipinski definition) is 3. The van der Waals surface area contributed by atoms with Crippen molar-refractivity contribution in [2.24, 2.45) is 0 Å². The van der Waals surface area contributed by atoms with Gasteiger partial charge in [0.2, 0.25) is 0 Å². The molecule has 1 aliphatic heterocycles. The molecule has 2 rings (SSSR count). The molecule has 1 saturated heterocycles. The molecule has 1 aromatic carbocycles. The van der Waals surface area contributed by atoms with E-state index in [1.807, 2.05) is 6.07 Å². The van der Waals surface area contributed by atoms with Crippen molar-refractivity contribution >= 4 is 17.5 Å². The lowest BCUT2D eigenvalue weighted by atomic mass is 10.0. The van der Waals surface area contributed by atoms with Crippen molar-refractivity contribution in [3.05, 3.63) is 28.3 Å². The SMILES string of the molecule is CCCc1cc(Cl)cc(C(=O)NCC2CCCN2CC)c1OC. The molecule has 0 aromatic heterocycles. The standard InChI is InChI=1S/C18H27ClN2O2/c1-4-7-13-10-14(19)11-16(17(13)23-3)18(22)20-12-15-8-6-9-21(15)5-2/h10-11,15H,4-9,12H2,1-3H3,(H,20,22). The molecule has 0 aliphatic carbocycles. The van der Waals surface area contributed by atoms with E-state index in [-0.39, 0.29) is 5.91 Å². The summed E-state index contributed by atoms with van der Waals surface area (Å²) in [4.78, 5) is 15.0. The number of halogens is 1. The van der Waals surface area contributed by atoms with Crippen molar-refractivity contribution in [1.82, 2.24) is 10.2 Å². The Kier molecular flexibility index (Phi) is 6.72. The Bertz CT molecular complexity index is 548. The van der Waals surface area contributed by atoms with Gasteiger partial charge in [0.15, 0.2) is 0 Å². The van der Waals surface area contributed by atoms with Crippen molar-refractivity contribution in [3.8, 4) is 5.75 Å². The monoisotopic (exact) mass is 338 g/mol. The number of aryl methyl sites for hydroxylation is 1. The van der Waals surface area contributed by atoms with Crippen LogP contribution in [-0.2, 0) is 6.42 Å². The van der Waals surface area contributed by atoms with Crippen LogP contribution in [0.25, 0.3) is 0 Å². The van der Waals surface area contributed by atoms with E-state index in [1.54, 1.807) is 13.2 Å². The lowest BCUT2D eigenvalue weighted by Gasteiger charge is -2.23. The Morgan fingerprint density at radius 1 is 1.43 bits per heavy atom. The second kappa shape index (κ2) is 8.55. The van der Waals surface area contributed by atoms with Crippen LogP contribution in [0.5, 0.6) is 5.75 Å². The fourth-order valence-corrected chi connectivity index (χ4v) is 3.60. The number of carbonyl (C=O) groups is 1. The van der Waals surface area contributed by atoms with Crippen LogP contribution in [0.4, 0.5) is 0 Å². The fraction of sp³-hybridized carbons (Fsp3) is 0.611. The first kappa shape index (κ1) is 18.1. The summed E-state index contributed by atoms with van der Waals surface area (Å²) in [6, 6.07) is 4.02. The zero-order chi connectivity index (χ0) is 16.8. The van der Waals surface area contributed by atoms with Crippen molar-refractivity contribution < 1.29 is 9.53 Å². The smallest absolute Gasteiger partial charge is 0.255 e. The number of nitrogens with zero attached hydrogens (tertiary/aromatic N) is 1. The van der Waals surface area contributed by atoms with Gasteiger partial charge in [0.25, 0.3) is 5.91 Å². The van der Waals surface area contributed by atoms with Crippen LogP contribution >= 0.6 is 11.6 Å².